The lowest BCUT2D eigenvalue weighted by Gasteiger charge is -2.31. The zero-order valence-electron chi connectivity index (χ0n) is 21.1. The van der Waals surface area contributed by atoms with Crippen LogP contribution in [0.25, 0.3) is 0 Å². The van der Waals surface area contributed by atoms with Crippen LogP contribution in [-0.4, -0.2) is 53.3 Å². The lowest BCUT2D eigenvalue weighted by atomic mass is 9.97. The maximum atomic E-state index is 14.1. The van der Waals surface area contributed by atoms with Gasteiger partial charge in [0.2, 0.25) is 0 Å². The molecule has 1 amide bonds. The minimum atomic E-state index is -4.66. The summed E-state index contributed by atoms with van der Waals surface area (Å²) >= 11 is 1.43. The highest BCUT2D eigenvalue weighted by Crippen LogP contribution is 2.36. The van der Waals surface area contributed by atoms with Gasteiger partial charge in [0, 0.05) is 30.8 Å². The molecule has 8 nitrogen and oxygen atoms in total. The van der Waals surface area contributed by atoms with Crippen LogP contribution in [0.3, 0.4) is 0 Å². The fourth-order valence-electron chi connectivity index (χ4n) is 4.55. The first-order valence-corrected chi connectivity index (χ1v) is 13.2. The number of hydrogen-bond acceptors (Lipinski definition) is 8. The molecule has 2 aliphatic heterocycles. The molecular formula is C26H23F5N4O4S. The number of oxime groups is 1. The number of likely N-dealkylation sites (tertiary alicyclic amines) is 1. The average molecular weight is 583 g/mol. The molecule has 1 saturated heterocycles. The van der Waals surface area contributed by atoms with Crippen LogP contribution in [0, 0.1) is 11.6 Å². The molecule has 1 unspecified atom stereocenters. The maximum absolute atomic E-state index is 14.1. The van der Waals surface area contributed by atoms with Gasteiger partial charge >= 0.3 is 6.18 Å². The Kier molecular flexibility index (Phi) is 7.88. The topological polar surface area (TPSA) is 86.1 Å². The Morgan fingerprint density at radius 2 is 1.85 bits per heavy atom. The average Bonchev–Trinajstić information content (AvgIpc) is 3.61. The van der Waals surface area contributed by atoms with E-state index in [9.17, 15) is 26.7 Å². The molecule has 40 heavy (non-hydrogen) atoms. The molecule has 1 aromatic carbocycles. The van der Waals surface area contributed by atoms with Crippen LogP contribution in [-0.2, 0) is 15.8 Å². The fourth-order valence-corrected chi connectivity index (χ4v) is 5.55. The largest absolute Gasteiger partial charge is 0.491 e. The first-order chi connectivity index (χ1) is 19.1. The van der Waals surface area contributed by atoms with Gasteiger partial charge in [-0.15, -0.1) is 11.3 Å². The summed E-state index contributed by atoms with van der Waals surface area (Å²) in [4.78, 5) is 27.7. The lowest BCUT2D eigenvalue weighted by Crippen LogP contribution is -2.40. The van der Waals surface area contributed by atoms with E-state index in [2.05, 4.69) is 15.1 Å². The molecule has 14 heteroatoms. The molecule has 0 bridgehead atoms. The van der Waals surface area contributed by atoms with Crippen LogP contribution >= 0.6 is 11.3 Å². The second-order valence-electron chi connectivity index (χ2n) is 9.19. The standard InChI is InChI=1S/C26H23F5N4O4S/c1-37-19-5-6-21(26(29,30)31)33-24(19)38-12-22(36)35-9-7-14(8-10-35)25-32-18(13-40-25)17-11-20(39-34-17)23-15(27)3-2-4-16(23)28/h2-6,13-14,20H,7-12H2,1H3. The number of methoxy groups -OCH3 is 1. The van der Waals surface area contributed by atoms with Crippen molar-refractivity contribution in [1.82, 2.24) is 14.9 Å². The van der Waals surface area contributed by atoms with Crippen molar-refractivity contribution in [2.45, 2.75) is 37.5 Å². The number of thiazole rings is 1. The number of alkyl halides is 3. The van der Waals surface area contributed by atoms with Crippen molar-refractivity contribution in [3.05, 3.63) is 69.3 Å². The molecular weight excluding hydrogens is 559 g/mol. The summed E-state index contributed by atoms with van der Waals surface area (Å²) in [6, 6.07) is 5.49. The molecule has 3 aromatic rings. The third kappa shape index (κ3) is 5.86. The van der Waals surface area contributed by atoms with E-state index in [1.807, 2.05) is 5.38 Å². The number of carbonyl (C=O) groups excluding carboxylic acids is 1. The van der Waals surface area contributed by atoms with Crippen LogP contribution in [0.15, 0.2) is 40.9 Å². The summed E-state index contributed by atoms with van der Waals surface area (Å²) in [5, 5.41) is 6.67. The number of halogens is 5. The molecule has 2 aromatic heterocycles. The summed E-state index contributed by atoms with van der Waals surface area (Å²) in [7, 11) is 1.27. The molecule has 0 N–H and O–H groups in total. The van der Waals surface area contributed by atoms with Gasteiger partial charge in [-0.3, -0.25) is 4.79 Å². The van der Waals surface area contributed by atoms with Crippen molar-refractivity contribution >= 4 is 23.0 Å². The van der Waals surface area contributed by atoms with E-state index in [-0.39, 0.29) is 29.6 Å². The Hall–Kier alpha value is -3.81. The number of carbonyl (C=O) groups is 1. The molecule has 1 atom stereocenters. The van der Waals surface area contributed by atoms with E-state index in [4.69, 9.17) is 14.3 Å². The molecule has 0 radical (unpaired) electrons. The Morgan fingerprint density at radius 3 is 2.52 bits per heavy atom. The van der Waals surface area contributed by atoms with E-state index in [0.717, 1.165) is 17.1 Å². The maximum Gasteiger partial charge on any atom is 0.433 e. The number of ether oxygens (including phenoxy) is 2. The third-order valence-corrected chi connectivity index (χ3v) is 7.68. The van der Waals surface area contributed by atoms with Crippen molar-refractivity contribution in [2.75, 3.05) is 26.8 Å². The molecule has 212 valence electrons. The molecule has 5 rings (SSSR count). The van der Waals surface area contributed by atoms with Gasteiger partial charge in [-0.2, -0.15) is 13.2 Å². The van der Waals surface area contributed by atoms with Gasteiger partial charge in [-0.1, -0.05) is 11.2 Å². The number of rotatable bonds is 7. The first kappa shape index (κ1) is 27.7. The number of benzene rings is 1. The lowest BCUT2D eigenvalue weighted by molar-refractivity contribution is -0.141. The van der Waals surface area contributed by atoms with Gasteiger partial charge in [0.1, 0.15) is 23.0 Å². The summed E-state index contributed by atoms with van der Waals surface area (Å²) in [5.41, 5.74) is -0.239. The van der Waals surface area contributed by atoms with E-state index < -0.39 is 42.1 Å². The molecule has 4 heterocycles. The van der Waals surface area contributed by atoms with Gasteiger partial charge in [0.25, 0.3) is 11.8 Å². The molecule has 0 saturated carbocycles. The van der Waals surface area contributed by atoms with E-state index in [1.165, 1.54) is 36.6 Å². The molecule has 2 aliphatic rings. The third-order valence-electron chi connectivity index (χ3n) is 6.67. The Bertz CT molecular complexity index is 1400. The number of aromatic nitrogens is 2. The quantitative estimate of drug-likeness (QED) is 0.343. The zero-order chi connectivity index (χ0) is 28.4. The van der Waals surface area contributed by atoms with Crippen LogP contribution in [0.5, 0.6) is 11.6 Å². The monoisotopic (exact) mass is 582 g/mol. The summed E-state index contributed by atoms with van der Waals surface area (Å²) in [6.45, 7) is 0.335. The van der Waals surface area contributed by atoms with Crippen molar-refractivity contribution in [3.8, 4) is 11.6 Å². The highest BCUT2D eigenvalue weighted by Gasteiger charge is 2.34. The summed E-state index contributed by atoms with van der Waals surface area (Å²) in [5.74, 6) is -2.12. The van der Waals surface area contributed by atoms with Crippen molar-refractivity contribution in [2.24, 2.45) is 5.16 Å². The van der Waals surface area contributed by atoms with E-state index in [1.54, 1.807) is 4.90 Å². The summed E-state index contributed by atoms with van der Waals surface area (Å²) < 4.78 is 77.5. The molecule has 0 aliphatic carbocycles. The SMILES string of the molecule is COc1ccc(C(F)(F)F)nc1OCC(=O)N1CCC(c2nc(C3=NOC(c4c(F)cccc4F)C3)cs2)CC1. The van der Waals surface area contributed by atoms with E-state index >= 15 is 0 Å². The van der Waals surface area contributed by atoms with Crippen molar-refractivity contribution in [3.63, 3.8) is 0 Å². The Balaban J connectivity index is 1.14. The van der Waals surface area contributed by atoms with Crippen molar-refractivity contribution < 1.29 is 41.1 Å². The van der Waals surface area contributed by atoms with Gasteiger partial charge in [-0.05, 0) is 37.1 Å². The summed E-state index contributed by atoms with van der Waals surface area (Å²) in [6.07, 6.45) is -4.11. The Morgan fingerprint density at radius 1 is 1.12 bits per heavy atom. The minimum Gasteiger partial charge on any atom is -0.491 e. The van der Waals surface area contributed by atoms with Crippen LogP contribution in [0.1, 0.15) is 53.2 Å². The zero-order valence-corrected chi connectivity index (χ0v) is 21.9. The number of hydrogen-bond donors (Lipinski definition) is 0. The van der Waals surface area contributed by atoms with Gasteiger partial charge < -0.3 is 19.2 Å². The van der Waals surface area contributed by atoms with Crippen molar-refractivity contribution in [1.29, 1.82) is 0 Å². The van der Waals surface area contributed by atoms with E-state index in [0.29, 0.717) is 37.3 Å². The van der Waals surface area contributed by atoms with Crippen LogP contribution < -0.4 is 9.47 Å². The highest BCUT2D eigenvalue weighted by atomic mass is 32.1. The predicted molar refractivity (Wildman–Crippen MR) is 133 cm³/mol. The number of piperidine rings is 1. The first-order valence-electron chi connectivity index (χ1n) is 12.3. The smallest absolute Gasteiger partial charge is 0.433 e. The highest BCUT2D eigenvalue weighted by molar-refractivity contribution is 7.10. The number of pyridine rings is 1. The predicted octanol–water partition coefficient (Wildman–Crippen LogP) is 5.49. The normalized spacial score (nSPS) is 17.9. The van der Waals surface area contributed by atoms with Gasteiger partial charge in [0.05, 0.1) is 23.4 Å². The molecule has 1 fully saturated rings. The van der Waals surface area contributed by atoms with Crippen LogP contribution in [0.4, 0.5) is 22.0 Å². The fraction of sp³-hybridized carbons (Fsp3) is 0.385. The second kappa shape index (κ2) is 11.4. The van der Waals surface area contributed by atoms with Gasteiger partial charge in [-0.25, -0.2) is 18.7 Å². The number of nitrogens with zero attached hydrogens (tertiary/aromatic N) is 4. The molecule has 0 spiro atoms. The second-order valence-corrected chi connectivity index (χ2v) is 10.1. The van der Waals surface area contributed by atoms with Crippen LogP contribution in [0.2, 0.25) is 0 Å². The Labute approximate surface area is 229 Å². The minimum absolute atomic E-state index is 0.0123. The van der Waals surface area contributed by atoms with Gasteiger partial charge in [0.15, 0.2) is 18.5 Å². The number of amides is 1.